The number of thiocarbonyl (C=S) groups is 1. The summed E-state index contributed by atoms with van der Waals surface area (Å²) in [6, 6.07) is 3.36. The van der Waals surface area contributed by atoms with Crippen molar-refractivity contribution in [1.29, 1.82) is 0 Å². The summed E-state index contributed by atoms with van der Waals surface area (Å²) in [5.41, 5.74) is 5.47. The van der Waals surface area contributed by atoms with E-state index in [-0.39, 0.29) is 17.2 Å². The zero-order chi connectivity index (χ0) is 14.7. The number of phenolic OH excluding ortho intramolecular Hbond substituents is 1. The fourth-order valence-corrected chi connectivity index (χ4v) is 2.36. The van der Waals surface area contributed by atoms with Gasteiger partial charge in [0, 0.05) is 32.7 Å². The fraction of sp³-hybridized carbons (Fsp3) is 0.385. The summed E-state index contributed by atoms with van der Waals surface area (Å²) < 4.78 is 13.2. The molecule has 1 heterocycles. The molecule has 1 aliphatic heterocycles. The highest BCUT2D eigenvalue weighted by Crippen LogP contribution is 2.20. The molecule has 1 saturated heterocycles. The molecule has 1 aliphatic rings. The van der Waals surface area contributed by atoms with E-state index in [1.807, 2.05) is 0 Å². The Kier molecular flexibility index (Phi) is 4.51. The van der Waals surface area contributed by atoms with Crippen LogP contribution in [-0.4, -0.2) is 58.5 Å². The van der Waals surface area contributed by atoms with Crippen LogP contribution in [0.5, 0.6) is 5.75 Å². The molecule has 0 aliphatic carbocycles. The van der Waals surface area contributed by atoms with Crippen LogP contribution < -0.4 is 5.73 Å². The third-order valence-electron chi connectivity index (χ3n) is 3.23. The van der Waals surface area contributed by atoms with Crippen LogP contribution in [0.2, 0.25) is 0 Å². The summed E-state index contributed by atoms with van der Waals surface area (Å²) in [6.45, 7) is 2.83. The Balaban J connectivity index is 2.01. The average molecular weight is 297 g/mol. The molecule has 0 spiro atoms. The van der Waals surface area contributed by atoms with E-state index in [2.05, 4.69) is 4.90 Å². The number of phenols is 1. The van der Waals surface area contributed by atoms with Gasteiger partial charge in [0.15, 0.2) is 0 Å². The highest BCUT2D eigenvalue weighted by Gasteiger charge is 2.24. The second-order valence-electron chi connectivity index (χ2n) is 4.70. The van der Waals surface area contributed by atoms with E-state index in [1.54, 1.807) is 4.90 Å². The van der Waals surface area contributed by atoms with Gasteiger partial charge in [0.05, 0.1) is 10.6 Å². The molecular formula is C13H16FN3O2S. The van der Waals surface area contributed by atoms with E-state index < -0.39 is 5.82 Å². The largest absolute Gasteiger partial charge is 0.507 e. The number of carbonyl (C=O) groups is 1. The van der Waals surface area contributed by atoms with Crippen LogP contribution in [0.4, 0.5) is 4.39 Å². The van der Waals surface area contributed by atoms with Crippen molar-refractivity contribution in [2.45, 2.75) is 0 Å². The number of benzene rings is 1. The summed E-state index contributed by atoms with van der Waals surface area (Å²) in [4.78, 5) is 16.3. The van der Waals surface area contributed by atoms with E-state index in [4.69, 9.17) is 18.0 Å². The molecule has 0 aromatic heterocycles. The molecule has 1 amide bonds. The van der Waals surface area contributed by atoms with Gasteiger partial charge >= 0.3 is 0 Å². The Labute approximate surface area is 121 Å². The number of amides is 1. The van der Waals surface area contributed by atoms with Crippen molar-refractivity contribution in [3.63, 3.8) is 0 Å². The molecule has 0 bridgehead atoms. The van der Waals surface area contributed by atoms with Crippen molar-refractivity contribution < 1.29 is 14.3 Å². The monoisotopic (exact) mass is 297 g/mol. The maximum atomic E-state index is 13.2. The van der Waals surface area contributed by atoms with Gasteiger partial charge in [-0.2, -0.15) is 0 Å². The van der Waals surface area contributed by atoms with E-state index in [0.717, 1.165) is 12.1 Å². The number of aromatic hydroxyl groups is 1. The Morgan fingerprint density at radius 3 is 2.60 bits per heavy atom. The highest BCUT2D eigenvalue weighted by atomic mass is 32.1. The van der Waals surface area contributed by atoms with Crippen LogP contribution in [0, 0.1) is 5.82 Å². The molecule has 1 aromatic rings. The number of piperazine rings is 1. The smallest absolute Gasteiger partial charge is 0.257 e. The first kappa shape index (κ1) is 14.7. The molecule has 7 heteroatoms. The zero-order valence-corrected chi connectivity index (χ0v) is 11.7. The number of nitrogens with two attached hydrogens (primary N) is 1. The Morgan fingerprint density at radius 2 is 2.00 bits per heavy atom. The quantitative estimate of drug-likeness (QED) is 0.799. The molecule has 1 aromatic carbocycles. The van der Waals surface area contributed by atoms with E-state index in [1.165, 1.54) is 6.07 Å². The number of carbonyl (C=O) groups excluding carboxylic acids is 1. The highest BCUT2D eigenvalue weighted by molar-refractivity contribution is 7.80. The Hall–Kier alpha value is -1.73. The first-order chi connectivity index (χ1) is 9.47. The summed E-state index contributed by atoms with van der Waals surface area (Å²) in [7, 11) is 0. The maximum Gasteiger partial charge on any atom is 0.257 e. The van der Waals surface area contributed by atoms with Gasteiger partial charge in [-0.1, -0.05) is 12.2 Å². The maximum absolute atomic E-state index is 13.2. The SMILES string of the molecule is NC(=S)CN1CCN(C(=O)c2cc(F)ccc2O)CC1. The van der Waals surface area contributed by atoms with Crippen molar-refractivity contribution in [3.8, 4) is 5.75 Å². The zero-order valence-electron chi connectivity index (χ0n) is 10.9. The van der Waals surface area contributed by atoms with Crippen molar-refractivity contribution in [3.05, 3.63) is 29.6 Å². The van der Waals surface area contributed by atoms with E-state index in [0.29, 0.717) is 37.7 Å². The molecular weight excluding hydrogens is 281 g/mol. The summed E-state index contributed by atoms with van der Waals surface area (Å²) in [5, 5.41) is 9.65. The van der Waals surface area contributed by atoms with Crippen LogP contribution in [0.25, 0.3) is 0 Å². The van der Waals surface area contributed by atoms with Crippen LogP contribution in [0.1, 0.15) is 10.4 Å². The van der Waals surface area contributed by atoms with Crippen molar-refractivity contribution in [2.75, 3.05) is 32.7 Å². The fourth-order valence-electron chi connectivity index (χ4n) is 2.18. The van der Waals surface area contributed by atoms with Gasteiger partial charge in [-0.3, -0.25) is 9.69 Å². The third kappa shape index (κ3) is 3.43. The minimum atomic E-state index is -0.543. The lowest BCUT2D eigenvalue weighted by atomic mass is 10.1. The van der Waals surface area contributed by atoms with Gasteiger partial charge in [-0.05, 0) is 18.2 Å². The Bertz CT molecular complexity index is 530. The van der Waals surface area contributed by atoms with E-state index in [9.17, 15) is 14.3 Å². The van der Waals surface area contributed by atoms with Crippen LogP contribution in [0.3, 0.4) is 0 Å². The molecule has 0 atom stereocenters. The molecule has 5 nitrogen and oxygen atoms in total. The molecule has 1 fully saturated rings. The topological polar surface area (TPSA) is 69.8 Å². The van der Waals surface area contributed by atoms with Crippen molar-refractivity contribution in [1.82, 2.24) is 9.80 Å². The van der Waals surface area contributed by atoms with Gasteiger partial charge < -0.3 is 15.7 Å². The van der Waals surface area contributed by atoms with Crippen LogP contribution in [0.15, 0.2) is 18.2 Å². The number of nitrogens with zero attached hydrogens (tertiary/aromatic N) is 2. The number of hydrogen-bond acceptors (Lipinski definition) is 4. The second kappa shape index (κ2) is 6.15. The van der Waals surface area contributed by atoms with Gasteiger partial charge in [-0.25, -0.2) is 4.39 Å². The summed E-state index contributed by atoms with van der Waals surface area (Å²) in [6.07, 6.45) is 0. The molecule has 2 rings (SSSR count). The van der Waals surface area contributed by atoms with Crippen LogP contribution >= 0.6 is 12.2 Å². The molecule has 0 radical (unpaired) electrons. The van der Waals surface area contributed by atoms with E-state index >= 15 is 0 Å². The average Bonchev–Trinajstić information content (AvgIpc) is 2.41. The summed E-state index contributed by atoms with van der Waals surface area (Å²) >= 11 is 4.85. The molecule has 20 heavy (non-hydrogen) atoms. The minimum Gasteiger partial charge on any atom is -0.507 e. The number of hydrogen-bond donors (Lipinski definition) is 2. The van der Waals surface area contributed by atoms with Crippen molar-refractivity contribution >= 4 is 23.1 Å². The lowest BCUT2D eigenvalue weighted by molar-refractivity contribution is 0.0651. The normalized spacial score (nSPS) is 16.1. The summed E-state index contributed by atoms with van der Waals surface area (Å²) in [5.74, 6) is -1.11. The van der Waals surface area contributed by atoms with Gasteiger partial charge in [0.2, 0.25) is 0 Å². The predicted molar refractivity (Wildman–Crippen MR) is 77.2 cm³/mol. The minimum absolute atomic E-state index is 0.00667. The first-order valence-corrected chi connectivity index (χ1v) is 6.66. The van der Waals surface area contributed by atoms with Gasteiger partial charge in [0.1, 0.15) is 11.6 Å². The lowest BCUT2D eigenvalue weighted by Crippen LogP contribution is -2.50. The molecule has 3 N–H and O–H groups in total. The van der Waals surface area contributed by atoms with Crippen LogP contribution in [-0.2, 0) is 0 Å². The predicted octanol–water partition coefficient (Wildman–Crippen LogP) is 0.575. The third-order valence-corrected chi connectivity index (χ3v) is 3.36. The first-order valence-electron chi connectivity index (χ1n) is 6.26. The van der Waals surface area contributed by atoms with Gasteiger partial charge in [0.25, 0.3) is 5.91 Å². The molecule has 0 unspecified atom stereocenters. The van der Waals surface area contributed by atoms with Crippen molar-refractivity contribution in [2.24, 2.45) is 5.73 Å². The van der Waals surface area contributed by atoms with Gasteiger partial charge in [-0.15, -0.1) is 0 Å². The molecule has 108 valence electrons. The Morgan fingerprint density at radius 1 is 1.35 bits per heavy atom. The lowest BCUT2D eigenvalue weighted by Gasteiger charge is -2.34. The number of halogens is 1. The molecule has 0 saturated carbocycles. The standard InChI is InChI=1S/C13H16FN3O2S/c14-9-1-2-11(18)10(7-9)13(19)17-5-3-16(4-6-17)8-12(15)20/h1-2,7,18H,3-6,8H2,(H2,15,20). The number of rotatable bonds is 3. The second-order valence-corrected chi connectivity index (χ2v) is 5.22.